The number of nitrogens with two attached hydrogens (primary N) is 1. The molecule has 0 aliphatic rings. The Labute approximate surface area is 120 Å². The largest absolute Gasteiger partial charge is 0.497 e. The van der Waals surface area contributed by atoms with E-state index in [1.807, 2.05) is 0 Å². The molecule has 0 radical (unpaired) electrons. The fraction of sp³-hybridized carbons (Fsp3) is 0.0714. The summed E-state index contributed by atoms with van der Waals surface area (Å²) >= 11 is 0. The second kappa shape index (κ2) is 5.20. The maximum atomic E-state index is 13.4. The first-order valence-electron chi connectivity index (χ1n) is 6.17. The van der Waals surface area contributed by atoms with Crippen molar-refractivity contribution in [2.24, 2.45) is 0 Å². The molecule has 0 aliphatic heterocycles. The first kappa shape index (κ1) is 13.0. The lowest BCUT2D eigenvalue weighted by Gasteiger charge is -2.08. The number of hydrogen-bond acceptors (Lipinski definition) is 5. The third-order valence-electron chi connectivity index (χ3n) is 3.02. The third-order valence-corrected chi connectivity index (χ3v) is 3.02. The van der Waals surface area contributed by atoms with Crippen LogP contribution in [-0.4, -0.2) is 27.3 Å². The molecule has 21 heavy (non-hydrogen) atoms. The number of rotatable bonds is 3. The number of hydrogen-bond donors (Lipinski definition) is 1. The summed E-state index contributed by atoms with van der Waals surface area (Å²) in [6.07, 6.45) is 0. The first-order valence-corrected chi connectivity index (χ1v) is 6.17. The SMILES string of the molecule is COc1ccc(N)c(-c2nnnn2-c2cccc(F)c2)c1. The molecule has 0 unspecified atom stereocenters. The van der Waals surface area contributed by atoms with Crippen LogP contribution in [-0.2, 0) is 0 Å². The Kier molecular flexibility index (Phi) is 3.23. The van der Waals surface area contributed by atoms with Crippen molar-refractivity contribution in [3.63, 3.8) is 0 Å². The third kappa shape index (κ3) is 2.40. The van der Waals surface area contributed by atoms with Crippen LogP contribution in [0.15, 0.2) is 42.5 Å². The maximum absolute atomic E-state index is 13.4. The van der Waals surface area contributed by atoms with Crippen molar-refractivity contribution in [1.82, 2.24) is 20.2 Å². The van der Waals surface area contributed by atoms with E-state index in [2.05, 4.69) is 15.5 Å². The number of aromatic nitrogens is 4. The molecule has 1 aromatic heterocycles. The Morgan fingerprint density at radius 1 is 1.19 bits per heavy atom. The lowest BCUT2D eigenvalue weighted by molar-refractivity contribution is 0.415. The smallest absolute Gasteiger partial charge is 0.189 e. The van der Waals surface area contributed by atoms with Crippen LogP contribution >= 0.6 is 0 Å². The van der Waals surface area contributed by atoms with Gasteiger partial charge < -0.3 is 10.5 Å². The van der Waals surface area contributed by atoms with Crippen LogP contribution in [0.25, 0.3) is 17.1 Å². The Bertz CT molecular complexity index is 787. The number of methoxy groups -OCH3 is 1. The van der Waals surface area contributed by atoms with Gasteiger partial charge in [0.2, 0.25) is 0 Å². The summed E-state index contributed by atoms with van der Waals surface area (Å²) in [6, 6.07) is 11.2. The fourth-order valence-corrected chi connectivity index (χ4v) is 1.99. The Morgan fingerprint density at radius 2 is 2.05 bits per heavy atom. The normalized spacial score (nSPS) is 10.6. The molecular formula is C14H12FN5O. The van der Waals surface area contributed by atoms with E-state index in [1.54, 1.807) is 37.4 Å². The first-order chi connectivity index (χ1) is 10.2. The Hall–Kier alpha value is -2.96. The van der Waals surface area contributed by atoms with Crippen molar-refractivity contribution in [2.75, 3.05) is 12.8 Å². The van der Waals surface area contributed by atoms with Crippen LogP contribution in [0.5, 0.6) is 5.75 Å². The summed E-state index contributed by atoms with van der Waals surface area (Å²) in [7, 11) is 1.56. The van der Waals surface area contributed by atoms with Gasteiger partial charge in [0.05, 0.1) is 12.8 Å². The van der Waals surface area contributed by atoms with Gasteiger partial charge in [-0.1, -0.05) is 6.07 Å². The molecule has 0 aliphatic carbocycles. The zero-order chi connectivity index (χ0) is 14.8. The fourth-order valence-electron chi connectivity index (χ4n) is 1.99. The molecule has 1 heterocycles. The molecule has 0 amide bonds. The van der Waals surface area contributed by atoms with Crippen molar-refractivity contribution < 1.29 is 9.13 Å². The number of halogens is 1. The van der Waals surface area contributed by atoms with E-state index in [0.717, 1.165) is 0 Å². The van der Waals surface area contributed by atoms with Gasteiger partial charge in [0.1, 0.15) is 11.6 Å². The van der Waals surface area contributed by atoms with Gasteiger partial charge in [-0.25, -0.2) is 4.39 Å². The number of nitrogens with zero attached hydrogens (tertiary/aromatic N) is 4. The summed E-state index contributed by atoms with van der Waals surface area (Å²) in [5.74, 6) is 0.678. The molecule has 0 spiro atoms. The number of anilines is 1. The van der Waals surface area contributed by atoms with Crippen molar-refractivity contribution in [3.05, 3.63) is 48.3 Å². The maximum Gasteiger partial charge on any atom is 0.189 e. The molecule has 3 aromatic rings. The molecular weight excluding hydrogens is 273 g/mol. The molecule has 106 valence electrons. The predicted molar refractivity (Wildman–Crippen MR) is 75.5 cm³/mol. The van der Waals surface area contributed by atoms with E-state index in [-0.39, 0.29) is 5.82 Å². The van der Waals surface area contributed by atoms with Crippen LogP contribution in [0, 0.1) is 5.82 Å². The molecule has 6 nitrogen and oxygen atoms in total. The lowest BCUT2D eigenvalue weighted by Crippen LogP contribution is -2.02. The standard InChI is InChI=1S/C14H12FN5O/c1-21-11-5-6-13(16)12(8-11)14-17-18-19-20(14)10-4-2-3-9(15)7-10/h2-8H,16H2,1H3. The van der Waals surface area contributed by atoms with Crippen LogP contribution in [0.1, 0.15) is 0 Å². The van der Waals surface area contributed by atoms with E-state index in [9.17, 15) is 4.39 Å². The highest BCUT2D eigenvalue weighted by atomic mass is 19.1. The molecule has 7 heteroatoms. The summed E-state index contributed by atoms with van der Waals surface area (Å²) in [4.78, 5) is 0. The van der Waals surface area contributed by atoms with Gasteiger partial charge in [-0.05, 0) is 46.8 Å². The highest BCUT2D eigenvalue weighted by Gasteiger charge is 2.14. The Morgan fingerprint density at radius 3 is 2.81 bits per heavy atom. The topological polar surface area (TPSA) is 78.8 Å². The van der Waals surface area contributed by atoms with E-state index >= 15 is 0 Å². The molecule has 3 rings (SSSR count). The zero-order valence-corrected chi connectivity index (χ0v) is 11.2. The Balaban J connectivity index is 2.15. The van der Waals surface area contributed by atoms with Gasteiger partial charge in [-0.3, -0.25) is 0 Å². The van der Waals surface area contributed by atoms with Gasteiger partial charge in [-0.2, -0.15) is 4.68 Å². The summed E-state index contributed by atoms with van der Waals surface area (Å²) < 4.78 is 20.0. The van der Waals surface area contributed by atoms with Crippen LogP contribution in [0.4, 0.5) is 10.1 Å². The highest BCUT2D eigenvalue weighted by molar-refractivity contribution is 5.73. The highest BCUT2D eigenvalue weighted by Crippen LogP contribution is 2.29. The van der Waals surface area contributed by atoms with E-state index in [4.69, 9.17) is 10.5 Å². The van der Waals surface area contributed by atoms with Crippen LogP contribution in [0.2, 0.25) is 0 Å². The minimum atomic E-state index is -0.368. The average Bonchev–Trinajstić information content (AvgIpc) is 2.97. The molecule has 0 saturated carbocycles. The van der Waals surface area contributed by atoms with Crippen LogP contribution < -0.4 is 10.5 Å². The van der Waals surface area contributed by atoms with Gasteiger partial charge in [-0.15, -0.1) is 5.10 Å². The van der Waals surface area contributed by atoms with E-state index in [0.29, 0.717) is 28.5 Å². The van der Waals surface area contributed by atoms with Gasteiger partial charge in [0.15, 0.2) is 5.82 Å². The summed E-state index contributed by atoms with van der Waals surface area (Å²) in [6.45, 7) is 0. The monoisotopic (exact) mass is 285 g/mol. The van der Waals surface area contributed by atoms with Crippen molar-refractivity contribution >= 4 is 5.69 Å². The zero-order valence-electron chi connectivity index (χ0n) is 11.2. The van der Waals surface area contributed by atoms with Crippen molar-refractivity contribution in [3.8, 4) is 22.8 Å². The van der Waals surface area contributed by atoms with E-state index in [1.165, 1.54) is 16.8 Å². The minimum absolute atomic E-state index is 0.368. The molecule has 0 bridgehead atoms. The van der Waals surface area contributed by atoms with E-state index < -0.39 is 0 Å². The molecule has 2 N–H and O–H groups in total. The molecule has 0 atom stereocenters. The number of nitrogen functional groups attached to an aromatic ring is 1. The summed E-state index contributed by atoms with van der Waals surface area (Å²) in [5, 5.41) is 11.5. The predicted octanol–water partition coefficient (Wildman–Crippen LogP) is 2.06. The number of tetrazole rings is 1. The minimum Gasteiger partial charge on any atom is -0.497 e. The molecule has 2 aromatic carbocycles. The number of ether oxygens (including phenoxy) is 1. The van der Waals surface area contributed by atoms with Gasteiger partial charge in [0, 0.05) is 11.3 Å². The summed E-state index contributed by atoms with van der Waals surface area (Å²) in [5.41, 5.74) is 7.60. The second-order valence-corrected chi connectivity index (χ2v) is 4.35. The van der Waals surface area contributed by atoms with Crippen molar-refractivity contribution in [1.29, 1.82) is 0 Å². The van der Waals surface area contributed by atoms with Crippen molar-refractivity contribution in [2.45, 2.75) is 0 Å². The lowest BCUT2D eigenvalue weighted by atomic mass is 10.1. The molecule has 0 fully saturated rings. The number of benzene rings is 2. The van der Waals surface area contributed by atoms with Crippen LogP contribution in [0.3, 0.4) is 0 Å². The van der Waals surface area contributed by atoms with Gasteiger partial charge >= 0.3 is 0 Å². The quantitative estimate of drug-likeness (QED) is 0.745. The van der Waals surface area contributed by atoms with Gasteiger partial charge in [0.25, 0.3) is 0 Å². The average molecular weight is 285 g/mol. The second-order valence-electron chi connectivity index (χ2n) is 4.35. The molecule has 0 saturated heterocycles.